The van der Waals surface area contributed by atoms with Crippen molar-refractivity contribution in [2.75, 3.05) is 60.3 Å². The number of primary amides is 1. The molecule has 0 spiro atoms. The Hall–Kier alpha value is -5.54. The van der Waals surface area contributed by atoms with Gasteiger partial charge in [-0.15, -0.1) is 0 Å². The van der Waals surface area contributed by atoms with E-state index >= 15 is 0 Å². The van der Waals surface area contributed by atoms with Gasteiger partial charge in [-0.2, -0.15) is 0 Å². The van der Waals surface area contributed by atoms with Gasteiger partial charge in [-0.25, -0.2) is 4.79 Å². The molecule has 9 N–H and O–H groups in total. The summed E-state index contributed by atoms with van der Waals surface area (Å²) >= 11 is 0. The average molecular weight is 1030 g/mol. The predicted molar refractivity (Wildman–Crippen MR) is 281 cm³/mol. The fourth-order valence-corrected chi connectivity index (χ4v) is 9.64. The molecule has 1 aromatic carbocycles. The number of ether oxygens (including phenoxy) is 2. The van der Waals surface area contributed by atoms with E-state index in [1.807, 2.05) is 60.5 Å². The van der Waals surface area contributed by atoms with Gasteiger partial charge in [0, 0.05) is 57.5 Å². The first-order valence-corrected chi connectivity index (χ1v) is 25.7. The maximum absolute atomic E-state index is 14.4. The van der Waals surface area contributed by atoms with Crippen LogP contribution in [0.3, 0.4) is 0 Å². The lowest BCUT2D eigenvalue weighted by Crippen LogP contribution is -2.59. The standard InChI is InChI=1S/C51H89N13O9/c1-15-32(8)44(63(12)50(70)42(30(4)5)60-49(69)43(31(6)7)62(10)11)39(72-13)27-40(65)64-25-17-19-38(64)45(73-14)33(9)46(66)58-36(28-56-61-54)26-34-20-22-35(23-21-34)57-47(67)37(18-16-24-55-51(53)71)59-48(68)41(52)29(2)3/h20-23,29-33,36-39,41-45H,15-19,24-28,52H2,1-14H3,(H,57,67)(H,58,66)(H,59,68)(H,60,69)(H3,53,55,71)/t32-,33+,36-,37-,38-,39+,41-,42-,43-,44-,45+/m0/s1. The molecule has 1 aliphatic rings. The maximum Gasteiger partial charge on any atom is 0.312 e. The lowest BCUT2D eigenvalue weighted by Gasteiger charge is -2.41. The van der Waals surface area contributed by atoms with Crippen LogP contribution in [0.15, 0.2) is 29.4 Å². The highest BCUT2D eigenvalue weighted by Crippen LogP contribution is 2.30. The molecule has 1 heterocycles. The van der Waals surface area contributed by atoms with Crippen LogP contribution in [-0.2, 0) is 44.7 Å². The van der Waals surface area contributed by atoms with Crippen molar-refractivity contribution in [2.24, 2.45) is 46.2 Å². The number of methoxy groups -OCH3 is 2. The summed E-state index contributed by atoms with van der Waals surface area (Å²) in [5.74, 6) is -3.24. The normalized spacial score (nSPS) is 17.8. The number of likely N-dealkylation sites (tertiary alicyclic amines) is 1. The van der Waals surface area contributed by atoms with Gasteiger partial charge < -0.3 is 57.3 Å². The van der Waals surface area contributed by atoms with Gasteiger partial charge in [0.15, 0.2) is 0 Å². The quantitative estimate of drug-likeness (QED) is 0.0244. The van der Waals surface area contributed by atoms with Gasteiger partial charge in [-0.1, -0.05) is 86.0 Å². The number of hydrogen-bond acceptors (Lipinski definition) is 12. The number of rotatable bonds is 31. The number of urea groups is 1. The summed E-state index contributed by atoms with van der Waals surface area (Å²) in [6.07, 6.45) is 1.35. The van der Waals surface area contributed by atoms with E-state index in [2.05, 4.69) is 36.6 Å². The summed E-state index contributed by atoms with van der Waals surface area (Å²) in [5, 5.41) is 17.8. The molecule has 1 fully saturated rings. The Morgan fingerprint density at radius 3 is 2.03 bits per heavy atom. The summed E-state index contributed by atoms with van der Waals surface area (Å²) in [5.41, 5.74) is 21.6. The Kier molecular flexibility index (Phi) is 27.2. The number of nitrogens with two attached hydrogens (primary N) is 2. The van der Waals surface area contributed by atoms with Gasteiger partial charge in [-0.3, -0.25) is 33.7 Å². The second-order valence-electron chi connectivity index (χ2n) is 20.7. The van der Waals surface area contributed by atoms with Crippen LogP contribution >= 0.6 is 0 Å². The minimum Gasteiger partial charge on any atom is -0.379 e. The average Bonchev–Trinajstić information content (AvgIpc) is 3.82. The van der Waals surface area contributed by atoms with E-state index in [1.165, 1.54) is 14.2 Å². The van der Waals surface area contributed by atoms with E-state index in [1.54, 1.807) is 61.9 Å². The lowest BCUT2D eigenvalue weighted by atomic mass is 9.89. The van der Waals surface area contributed by atoms with Gasteiger partial charge in [0.2, 0.25) is 35.4 Å². The molecule has 0 aromatic heterocycles. The molecular weight excluding hydrogens is 939 g/mol. The first-order valence-electron chi connectivity index (χ1n) is 25.7. The molecule has 0 unspecified atom stereocenters. The van der Waals surface area contributed by atoms with E-state index in [9.17, 15) is 39.1 Å². The molecule has 0 aliphatic carbocycles. The van der Waals surface area contributed by atoms with Gasteiger partial charge in [0.1, 0.15) is 12.1 Å². The van der Waals surface area contributed by atoms with Crippen LogP contribution in [0.4, 0.5) is 10.5 Å². The molecule has 412 valence electrons. The smallest absolute Gasteiger partial charge is 0.312 e. The largest absolute Gasteiger partial charge is 0.379 e. The molecule has 0 saturated carbocycles. The fourth-order valence-electron chi connectivity index (χ4n) is 9.64. The van der Waals surface area contributed by atoms with Crippen LogP contribution in [0.2, 0.25) is 0 Å². The third-order valence-corrected chi connectivity index (χ3v) is 14.0. The summed E-state index contributed by atoms with van der Waals surface area (Å²) in [7, 11) is 8.42. The summed E-state index contributed by atoms with van der Waals surface area (Å²) in [6.45, 7) is 17.7. The Labute approximate surface area is 433 Å². The number of likely N-dealkylation sites (N-methyl/N-ethyl adjacent to an activating group) is 2. The van der Waals surface area contributed by atoms with Crippen molar-refractivity contribution in [2.45, 2.75) is 162 Å². The topological polar surface area (TPSA) is 309 Å². The number of carbonyl (C=O) groups is 7. The minimum atomic E-state index is -0.951. The Morgan fingerprint density at radius 2 is 1.51 bits per heavy atom. The number of anilines is 1. The Morgan fingerprint density at radius 1 is 0.863 bits per heavy atom. The van der Waals surface area contributed by atoms with E-state index < -0.39 is 78.3 Å². The second-order valence-corrected chi connectivity index (χ2v) is 20.7. The third kappa shape index (κ3) is 19.4. The molecular formula is C51H89N13O9. The summed E-state index contributed by atoms with van der Waals surface area (Å²) in [6, 6.07) is 1.55. The first kappa shape index (κ1) is 63.6. The fraction of sp³-hybridized carbons (Fsp3) is 0.745. The monoisotopic (exact) mass is 1030 g/mol. The minimum absolute atomic E-state index is 0.0102. The zero-order valence-electron chi connectivity index (χ0n) is 46.0. The van der Waals surface area contributed by atoms with Crippen LogP contribution in [0, 0.1) is 29.6 Å². The number of benzene rings is 1. The molecule has 1 aliphatic heterocycles. The number of amides is 8. The number of nitrogens with zero attached hydrogens (tertiary/aromatic N) is 6. The second kappa shape index (κ2) is 31.3. The number of carbonyl (C=O) groups excluding carboxylic acids is 7. The summed E-state index contributed by atoms with van der Waals surface area (Å²) < 4.78 is 12.1. The highest BCUT2D eigenvalue weighted by molar-refractivity contribution is 5.98. The van der Waals surface area contributed by atoms with Gasteiger partial charge in [-0.05, 0) is 93.1 Å². The van der Waals surface area contributed by atoms with Crippen LogP contribution in [0.25, 0.3) is 10.4 Å². The third-order valence-electron chi connectivity index (χ3n) is 14.0. The van der Waals surface area contributed by atoms with Crippen molar-refractivity contribution < 1.29 is 43.0 Å². The van der Waals surface area contributed by atoms with Crippen molar-refractivity contribution in [3.8, 4) is 0 Å². The van der Waals surface area contributed by atoms with Crippen LogP contribution in [0.5, 0.6) is 0 Å². The molecule has 1 aromatic rings. The van der Waals surface area contributed by atoms with Crippen LogP contribution in [-0.4, -0.2) is 166 Å². The highest BCUT2D eigenvalue weighted by Gasteiger charge is 2.43. The zero-order valence-corrected chi connectivity index (χ0v) is 46.0. The molecule has 11 atom stereocenters. The Balaban J connectivity index is 2.25. The SMILES string of the molecule is CC[C@H](C)[C@@H]([C@@H](CC(=O)N1CCC[C@H]1[C@H](OC)[C@@H](C)C(=O)N[C@H](CN=[N+]=[N-])Cc1ccc(NC(=O)[C@H](CCCNC(N)=O)NC(=O)[C@@H](N)C(C)C)cc1)OC)N(C)C(=O)[C@@H](NC(=O)[C@H](C(C)C)N(C)C)C(C)C. The van der Waals surface area contributed by atoms with Crippen molar-refractivity contribution in [3.05, 3.63) is 40.3 Å². The van der Waals surface area contributed by atoms with Crippen LogP contribution < -0.4 is 38.1 Å². The molecule has 0 radical (unpaired) electrons. The highest BCUT2D eigenvalue weighted by atomic mass is 16.5. The predicted octanol–water partition coefficient (Wildman–Crippen LogP) is 3.53. The number of nitrogens with one attached hydrogen (secondary N) is 5. The zero-order chi connectivity index (χ0) is 55.3. The van der Waals surface area contributed by atoms with E-state index in [0.717, 1.165) is 5.56 Å². The molecule has 0 bridgehead atoms. The lowest BCUT2D eigenvalue weighted by molar-refractivity contribution is -0.148. The van der Waals surface area contributed by atoms with Gasteiger partial charge in [0.25, 0.3) is 0 Å². The van der Waals surface area contributed by atoms with Crippen molar-refractivity contribution in [1.82, 2.24) is 36.0 Å². The van der Waals surface area contributed by atoms with Crippen LogP contribution in [0.1, 0.15) is 106 Å². The molecule has 2 rings (SSSR count). The first-order chi connectivity index (χ1) is 34.3. The van der Waals surface area contributed by atoms with Crippen molar-refractivity contribution >= 4 is 47.2 Å². The van der Waals surface area contributed by atoms with E-state index in [0.29, 0.717) is 37.9 Å². The van der Waals surface area contributed by atoms with Crippen molar-refractivity contribution in [1.29, 1.82) is 0 Å². The molecule has 73 heavy (non-hydrogen) atoms. The molecule has 22 nitrogen and oxygen atoms in total. The van der Waals surface area contributed by atoms with Crippen molar-refractivity contribution in [3.63, 3.8) is 0 Å². The maximum atomic E-state index is 14.4. The molecule has 22 heteroatoms. The van der Waals surface area contributed by atoms with E-state index in [-0.39, 0.29) is 79.7 Å². The number of azide groups is 1. The van der Waals surface area contributed by atoms with E-state index in [4.69, 9.17) is 20.9 Å². The summed E-state index contributed by atoms with van der Waals surface area (Å²) in [4.78, 5) is 102. The van der Waals surface area contributed by atoms with Gasteiger partial charge in [0.05, 0.1) is 48.7 Å². The Bertz CT molecular complexity index is 1990. The molecule has 8 amide bonds. The molecule has 1 saturated heterocycles. The number of hydrogen-bond donors (Lipinski definition) is 7. The van der Waals surface area contributed by atoms with Gasteiger partial charge >= 0.3 is 6.03 Å².